The van der Waals surface area contributed by atoms with Crippen molar-refractivity contribution in [1.29, 1.82) is 0 Å². The molecule has 0 atom stereocenters. The number of benzene rings is 17. The summed E-state index contributed by atoms with van der Waals surface area (Å²) in [6.07, 6.45) is 0. The highest BCUT2D eigenvalue weighted by Crippen LogP contribution is 2.47. The van der Waals surface area contributed by atoms with Crippen LogP contribution in [-0.2, 0) is 0 Å². The third-order valence-corrected chi connectivity index (χ3v) is 21.0. The van der Waals surface area contributed by atoms with Crippen LogP contribution in [0.4, 0.5) is 34.1 Å². The van der Waals surface area contributed by atoms with Crippen molar-refractivity contribution in [3.8, 4) is 77.9 Å². The molecule has 4 heterocycles. The van der Waals surface area contributed by atoms with Crippen LogP contribution in [0.3, 0.4) is 0 Å². The van der Waals surface area contributed by atoms with Gasteiger partial charge in [0, 0.05) is 77.1 Å². The second-order valence-corrected chi connectivity index (χ2v) is 27.4. The maximum Gasteiger partial charge on any atom is 0.136 e. The molecule has 0 radical (unpaired) electrons. The summed E-state index contributed by atoms with van der Waals surface area (Å²) in [5, 5.41) is 8.78. The molecule has 6 nitrogen and oxygen atoms in total. The molecular weight excluding hydrogens is 1320 g/mol. The Morgan fingerprint density at radius 1 is 0.148 bits per heavy atom. The minimum atomic E-state index is 0.860. The lowest BCUT2D eigenvalue weighted by molar-refractivity contribution is 0.663. The molecule has 508 valence electrons. The van der Waals surface area contributed by atoms with Gasteiger partial charge in [0.25, 0.3) is 0 Å². The van der Waals surface area contributed by atoms with E-state index in [1.165, 1.54) is 55.6 Å². The normalized spacial score (nSPS) is 11.5. The second kappa shape index (κ2) is 27.0. The molecule has 0 bridgehead atoms. The summed E-state index contributed by atoms with van der Waals surface area (Å²) in [6, 6.07) is 141. The van der Waals surface area contributed by atoms with Gasteiger partial charge in [-0.3, -0.25) is 0 Å². The minimum absolute atomic E-state index is 0.860. The van der Waals surface area contributed by atoms with E-state index in [-0.39, 0.29) is 0 Å². The first-order valence-corrected chi connectivity index (χ1v) is 36.6. The fraction of sp³-hybridized carbons (Fsp3) is 0. The standard InChI is InChI=1S/C54H35NO2.C48H31NO2/c1-3-9-36(10-4-1)38-15-17-39(18-16-38)41-21-28-45(29-22-41)55(44-26-19-40(20-27-44)37-11-5-2-6-12-37)46-30-23-42(24-31-46)43-25-32-48-52(35-43)57-51-34-33-50-53(54(48)51)47-13-7-8-14-49(47)56-50;1-3-11-32(12-4-1)33-19-24-37(25-20-33)49(42-17-9-7-15-39(42)35-13-5-2-6-14-35)38-26-21-34(22-27-38)36-23-28-41-46(31-36)51-45-30-29-44-47(48(41)45)40-16-8-10-18-43(40)50-44/h1-35H;1-31H. The van der Waals surface area contributed by atoms with Crippen LogP contribution in [0.1, 0.15) is 0 Å². The average Bonchev–Trinajstić information content (AvgIpc) is 1.56. The quantitative estimate of drug-likeness (QED) is 0.115. The molecule has 0 spiro atoms. The van der Waals surface area contributed by atoms with Crippen molar-refractivity contribution in [3.05, 3.63) is 400 Å². The molecule has 17 aromatic carbocycles. The third kappa shape index (κ3) is 11.6. The number of fused-ring (bicyclic) bond motifs is 14. The van der Waals surface area contributed by atoms with Gasteiger partial charge in [-0.15, -0.1) is 0 Å². The fourth-order valence-corrected chi connectivity index (χ4v) is 15.7. The SMILES string of the molecule is c1ccc(-c2ccc(-c3ccc(N(c4ccc(-c5ccccc5)cc4)c4ccc(-c5ccc6c(c5)oc5ccc7oc8ccccc8c7c56)cc4)cc3)cc2)cc1.c1ccc(-c2ccc(N(c3ccc(-c4ccc5c(c4)oc4ccc6oc7ccccc7c6c45)cc3)c3ccccc3-c3ccccc3)cc2)cc1. The molecule has 108 heavy (non-hydrogen) atoms. The zero-order valence-electron chi connectivity index (χ0n) is 58.6. The van der Waals surface area contributed by atoms with Gasteiger partial charge in [-0.05, 0) is 200 Å². The number of hydrogen-bond acceptors (Lipinski definition) is 6. The summed E-state index contributed by atoms with van der Waals surface area (Å²) >= 11 is 0. The molecular formula is C102H66N2O4. The largest absolute Gasteiger partial charge is 0.456 e. The highest BCUT2D eigenvalue weighted by molar-refractivity contribution is 6.27. The Morgan fingerprint density at radius 3 is 0.741 bits per heavy atom. The zero-order valence-corrected chi connectivity index (χ0v) is 58.6. The highest BCUT2D eigenvalue weighted by atomic mass is 16.3. The van der Waals surface area contributed by atoms with Crippen LogP contribution in [0.15, 0.2) is 418 Å². The summed E-state index contributed by atoms with van der Waals surface area (Å²) in [5.74, 6) is 0. The van der Waals surface area contributed by atoms with E-state index in [1.54, 1.807) is 0 Å². The number of nitrogens with zero attached hydrogens (tertiary/aromatic N) is 2. The smallest absolute Gasteiger partial charge is 0.136 e. The number of anilines is 6. The van der Waals surface area contributed by atoms with Gasteiger partial charge in [0.05, 0.1) is 5.69 Å². The molecule has 21 aromatic rings. The molecule has 4 aromatic heterocycles. The van der Waals surface area contributed by atoms with Crippen molar-refractivity contribution in [3.63, 3.8) is 0 Å². The lowest BCUT2D eigenvalue weighted by Crippen LogP contribution is -2.11. The van der Waals surface area contributed by atoms with E-state index in [4.69, 9.17) is 17.7 Å². The summed E-state index contributed by atoms with van der Waals surface area (Å²) in [7, 11) is 0. The molecule has 0 aliphatic carbocycles. The van der Waals surface area contributed by atoms with Gasteiger partial charge in [0.1, 0.15) is 44.7 Å². The van der Waals surface area contributed by atoms with Crippen LogP contribution < -0.4 is 9.80 Å². The molecule has 0 fully saturated rings. The van der Waals surface area contributed by atoms with E-state index >= 15 is 0 Å². The first-order chi connectivity index (χ1) is 53.5. The van der Waals surface area contributed by atoms with Gasteiger partial charge < -0.3 is 27.5 Å². The minimum Gasteiger partial charge on any atom is -0.456 e. The predicted octanol–water partition coefficient (Wildman–Crippen LogP) is 29.6. The Hall–Kier alpha value is -14.5. The lowest BCUT2D eigenvalue weighted by atomic mass is 9.99. The first-order valence-electron chi connectivity index (χ1n) is 36.6. The Morgan fingerprint density at radius 2 is 0.389 bits per heavy atom. The molecule has 6 heteroatoms. The van der Waals surface area contributed by atoms with Crippen LogP contribution >= 0.6 is 0 Å². The summed E-state index contributed by atoms with van der Waals surface area (Å²) in [4.78, 5) is 4.67. The molecule has 0 amide bonds. The van der Waals surface area contributed by atoms with Gasteiger partial charge in [0.2, 0.25) is 0 Å². The zero-order chi connectivity index (χ0) is 71.4. The Kier molecular flexibility index (Phi) is 15.8. The third-order valence-electron chi connectivity index (χ3n) is 21.0. The van der Waals surface area contributed by atoms with Gasteiger partial charge in [-0.2, -0.15) is 0 Å². The maximum absolute atomic E-state index is 6.48. The molecule has 0 unspecified atom stereocenters. The summed E-state index contributed by atoms with van der Waals surface area (Å²) in [6.45, 7) is 0. The summed E-state index contributed by atoms with van der Waals surface area (Å²) < 4.78 is 25.3. The molecule has 0 aliphatic rings. The van der Waals surface area contributed by atoms with E-state index in [9.17, 15) is 0 Å². The van der Waals surface area contributed by atoms with E-state index < -0.39 is 0 Å². The van der Waals surface area contributed by atoms with Crippen LogP contribution in [0, 0.1) is 0 Å². The van der Waals surface area contributed by atoms with Crippen LogP contribution in [0.2, 0.25) is 0 Å². The Balaban J connectivity index is 0.000000143. The van der Waals surface area contributed by atoms with Crippen molar-refractivity contribution in [2.24, 2.45) is 0 Å². The monoisotopic (exact) mass is 1380 g/mol. The predicted molar refractivity (Wildman–Crippen MR) is 449 cm³/mol. The van der Waals surface area contributed by atoms with Crippen molar-refractivity contribution in [1.82, 2.24) is 0 Å². The van der Waals surface area contributed by atoms with Crippen LogP contribution in [0.25, 0.3) is 166 Å². The fourth-order valence-electron chi connectivity index (χ4n) is 15.7. The highest BCUT2D eigenvalue weighted by Gasteiger charge is 2.22. The van der Waals surface area contributed by atoms with Crippen LogP contribution in [-0.4, -0.2) is 0 Å². The Bertz CT molecular complexity index is 6850. The Labute approximate surface area is 623 Å². The van der Waals surface area contributed by atoms with Crippen molar-refractivity contribution in [2.45, 2.75) is 0 Å². The molecule has 0 aliphatic heterocycles. The number of hydrogen-bond donors (Lipinski definition) is 0. The van der Waals surface area contributed by atoms with Gasteiger partial charge in [-0.25, -0.2) is 0 Å². The van der Waals surface area contributed by atoms with Gasteiger partial charge in [-0.1, -0.05) is 273 Å². The summed E-state index contributed by atoms with van der Waals surface area (Å²) in [5.41, 5.74) is 29.9. The van der Waals surface area contributed by atoms with Gasteiger partial charge >= 0.3 is 0 Å². The number of furan rings is 4. The van der Waals surface area contributed by atoms with E-state index in [2.05, 4.69) is 362 Å². The van der Waals surface area contributed by atoms with E-state index in [0.29, 0.717) is 0 Å². The topological polar surface area (TPSA) is 59.0 Å². The van der Waals surface area contributed by atoms with Crippen LogP contribution in [0.5, 0.6) is 0 Å². The lowest BCUT2D eigenvalue weighted by Gasteiger charge is -2.28. The first kappa shape index (κ1) is 63.2. The maximum atomic E-state index is 6.48. The second-order valence-electron chi connectivity index (χ2n) is 27.4. The molecule has 21 rings (SSSR count). The van der Waals surface area contributed by atoms with Crippen molar-refractivity contribution in [2.75, 3.05) is 9.80 Å². The number of para-hydroxylation sites is 3. The van der Waals surface area contributed by atoms with Gasteiger partial charge in [0.15, 0.2) is 0 Å². The molecule has 0 saturated heterocycles. The van der Waals surface area contributed by atoms with Crippen molar-refractivity contribution < 1.29 is 17.7 Å². The van der Waals surface area contributed by atoms with Crippen molar-refractivity contribution >= 4 is 122 Å². The van der Waals surface area contributed by atoms with E-state index in [1.807, 2.05) is 48.5 Å². The number of rotatable bonds is 13. The molecule has 0 N–H and O–H groups in total. The molecule has 0 saturated carbocycles. The van der Waals surface area contributed by atoms with E-state index in [0.717, 1.165) is 144 Å². The average molecular weight is 1380 g/mol.